The molecule has 0 saturated carbocycles. The number of hydrogen-bond donors (Lipinski definition) is 1. The molecule has 1 N–H and O–H groups in total. The number of hydrogen-bond acceptors (Lipinski definition) is 3. The molecule has 2 fully saturated rings. The summed E-state index contributed by atoms with van der Waals surface area (Å²) in [5.74, 6) is 0. The predicted molar refractivity (Wildman–Crippen MR) is 79.0 cm³/mol. The van der Waals surface area contributed by atoms with E-state index in [1.807, 2.05) is 7.05 Å². The molecular formula is C15H21ClN2O. The van der Waals surface area contributed by atoms with E-state index < -0.39 is 0 Å². The van der Waals surface area contributed by atoms with Crippen molar-refractivity contribution in [2.45, 2.75) is 38.0 Å². The minimum absolute atomic E-state index is 0.280. The maximum Gasteiger partial charge on any atom is 0.0755 e. The van der Waals surface area contributed by atoms with Crippen LogP contribution in [0.5, 0.6) is 0 Å². The molecule has 0 aliphatic carbocycles. The van der Waals surface area contributed by atoms with E-state index in [-0.39, 0.29) is 6.04 Å². The first-order valence-corrected chi connectivity index (χ1v) is 7.42. The lowest BCUT2D eigenvalue weighted by Gasteiger charge is -2.34. The van der Waals surface area contributed by atoms with E-state index in [2.05, 4.69) is 35.3 Å². The molecule has 1 aromatic carbocycles. The van der Waals surface area contributed by atoms with Gasteiger partial charge in [0.05, 0.1) is 12.2 Å². The van der Waals surface area contributed by atoms with Crippen LogP contribution in [0.3, 0.4) is 0 Å². The molecule has 3 rings (SSSR count). The van der Waals surface area contributed by atoms with Gasteiger partial charge in [-0.3, -0.25) is 0 Å². The second-order valence-electron chi connectivity index (χ2n) is 5.58. The number of halogens is 1. The summed E-state index contributed by atoms with van der Waals surface area (Å²) in [4.78, 5) is 2.41. The van der Waals surface area contributed by atoms with Crippen LogP contribution in [-0.2, 0) is 4.74 Å². The average molecular weight is 281 g/mol. The van der Waals surface area contributed by atoms with Crippen molar-refractivity contribution in [3.8, 4) is 0 Å². The van der Waals surface area contributed by atoms with Gasteiger partial charge >= 0.3 is 0 Å². The lowest BCUT2D eigenvalue weighted by molar-refractivity contribution is 0.0305. The van der Waals surface area contributed by atoms with Crippen molar-refractivity contribution >= 4 is 17.3 Å². The fourth-order valence-electron chi connectivity index (χ4n) is 3.05. The van der Waals surface area contributed by atoms with Gasteiger partial charge in [-0.1, -0.05) is 17.7 Å². The number of benzene rings is 1. The van der Waals surface area contributed by atoms with Gasteiger partial charge in [-0.25, -0.2) is 0 Å². The van der Waals surface area contributed by atoms with Gasteiger partial charge in [0.1, 0.15) is 0 Å². The minimum Gasteiger partial charge on any atom is -0.371 e. The number of rotatable bonds is 3. The molecule has 3 atom stereocenters. The maximum atomic E-state index is 6.41. The molecule has 104 valence electrons. The topological polar surface area (TPSA) is 24.5 Å². The highest BCUT2D eigenvalue weighted by molar-refractivity contribution is 6.31. The van der Waals surface area contributed by atoms with Crippen molar-refractivity contribution in [3.63, 3.8) is 0 Å². The Morgan fingerprint density at radius 3 is 2.58 bits per heavy atom. The minimum atomic E-state index is 0.280. The third-order valence-electron chi connectivity index (χ3n) is 4.29. The van der Waals surface area contributed by atoms with E-state index in [0.29, 0.717) is 12.2 Å². The van der Waals surface area contributed by atoms with Gasteiger partial charge in [0.2, 0.25) is 0 Å². The van der Waals surface area contributed by atoms with Gasteiger partial charge < -0.3 is 15.0 Å². The smallest absolute Gasteiger partial charge is 0.0755 e. The molecule has 2 bridgehead atoms. The summed E-state index contributed by atoms with van der Waals surface area (Å²) >= 11 is 6.41. The van der Waals surface area contributed by atoms with E-state index in [4.69, 9.17) is 16.3 Å². The molecule has 4 heteroatoms. The first-order chi connectivity index (χ1) is 9.17. The summed E-state index contributed by atoms with van der Waals surface area (Å²) < 4.78 is 5.87. The highest BCUT2D eigenvalue weighted by Crippen LogP contribution is 2.32. The third-order valence-corrected chi connectivity index (χ3v) is 4.62. The summed E-state index contributed by atoms with van der Waals surface area (Å²) in [7, 11) is 1.95. The Bertz CT molecular complexity index is 453. The average Bonchev–Trinajstić information content (AvgIpc) is 2.76. The molecule has 3 nitrogen and oxygen atoms in total. The second-order valence-corrected chi connectivity index (χ2v) is 5.99. The van der Waals surface area contributed by atoms with E-state index >= 15 is 0 Å². The molecule has 0 amide bonds. The van der Waals surface area contributed by atoms with Crippen LogP contribution >= 0.6 is 11.6 Å². The lowest BCUT2D eigenvalue weighted by Crippen LogP contribution is -2.42. The van der Waals surface area contributed by atoms with Crippen LogP contribution < -0.4 is 10.2 Å². The number of nitrogens with one attached hydrogen (secondary N) is 1. The van der Waals surface area contributed by atoms with Crippen molar-refractivity contribution in [2.75, 3.05) is 25.0 Å². The Hall–Kier alpha value is -0.770. The maximum absolute atomic E-state index is 6.41. The predicted octanol–water partition coefficient (Wildman–Crippen LogP) is 2.99. The Morgan fingerprint density at radius 2 is 2.00 bits per heavy atom. The summed E-state index contributed by atoms with van der Waals surface area (Å²) in [5.41, 5.74) is 2.38. The Morgan fingerprint density at radius 1 is 1.32 bits per heavy atom. The lowest BCUT2D eigenvalue weighted by atomic mass is 10.1. The van der Waals surface area contributed by atoms with E-state index in [1.165, 1.54) is 18.5 Å². The zero-order chi connectivity index (χ0) is 13.4. The fourth-order valence-corrected chi connectivity index (χ4v) is 3.38. The van der Waals surface area contributed by atoms with Crippen LogP contribution in [0.1, 0.15) is 31.4 Å². The van der Waals surface area contributed by atoms with E-state index in [0.717, 1.165) is 23.7 Å². The molecule has 2 aliphatic heterocycles. The zero-order valence-corrected chi connectivity index (χ0v) is 12.3. The summed E-state index contributed by atoms with van der Waals surface area (Å²) in [5, 5.41) is 4.07. The third kappa shape index (κ3) is 2.60. The van der Waals surface area contributed by atoms with Crippen molar-refractivity contribution in [1.82, 2.24) is 5.32 Å². The van der Waals surface area contributed by atoms with Crippen molar-refractivity contribution in [2.24, 2.45) is 0 Å². The first-order valence-electron chi connectivity index (χ1n) is 7.04. The monoisotopic (exact) mass is 280 g/mol. The molecule has 19 heavy (non-hydrogen) atoms. The van der Waals surface area contributed by atoms with Gasteiger partial charge in [-0.15, -0.1) is 0 Å². The SMILES string of the molecule is CNC(C)c1ccc(N2CC3CCC(C2)O3)cc1Cl. The normalized spacial score (nSPS) is 27.6. The van der Waals surface area contributed by atoms with Crippen LogP contribution in [-0.4, -0.2) is 32.3 Å². The second kappa shape index (κ2) is 5.31. The number of morpholine rings is 1. The number of nitrogens with zero attached hydrogens (tertiary/aromatic N) is 1. The number of fused-ring (bicyclic) bond motifs is 2. The Labute approximate surface area is 119 Å². The van der Waals surface area contributed by atoms with Gasteiger partial charge in [0, 0.05) is 29.8 Å². The molecule has 2 heterocycles. The molecule has 0 aromatic heterocycles. The Balaban J connectivity index is 1.80. The number of anilines is 1. The van der Waals surface area contributed by atoms with Gasteiger partial charge in [-0.05, 0) is 44.5 Å². The highest BCUT2D eigenvalue weighted by Gasteiger charge is 2.33. The quantitative estimate of drug-likeness (QED) is 0.921. The van der Waals surface area contributed by atoms with Crippen LogP contribution in [0.25, 0.3) is 0 Å². The van der Waals surface area contributed by atoms with E-state index in [1.54, 1.807) is 0 Å². The van der Waals surface area contributed by atoms with Gasteiger partial charge in [-0.2, -0.15) is 0 Å². The van der Waals surface area contributed by atoms with Crippen LogP contribution in [0.4, 0.5) is 5.69 Å². The standard InChI is InChI=1S/C15H21ClN2O/c1-10(17-2)14-6-3-11(7-15(14)16)18-8-12-4-5-13(9-18)19-12/h3,6-7,10,12-13,17H,4-5,8-9H2,1-2H3. The zero-order valence-electron chi connectivity index (χ0n) is 11.5. The molecular weight excluding hydrogens is 260 g/mol. The first kappa shape index (κ1) is 13.2. The summed E-state index contributed by atoms with van der Waals surface area (Å²) in [6.45, 7) is 4.11. The largest absolute Gasteiger partial charge is 0.371 e. The van der Waals surface area contributed by atoms with Gasteiger partial charge in [0.15, 0.2) is 0 Å². The van der Waals surface area contributed by atoms with Crippen molar-refractivity contribution in [3.05, 3.63) is 28.8 Å². The fraction of sp³-hybridized carbons (Fsp3) is 0.600. The summed E-state index contributed by atoms with van der Waals surface area (Å²) in [6, 6.07) is 6.69. The molecule has 2 saturated heterocycles. The summed E-state index contributed by atoms with van der Waals surface area (Å²) in [6.07, 6.45) is 3.22. The molecule has 0 radical (unpaired) electrons. The molecule has 3 unspecified atom stereocenters. The van der Waals surface area contributed by atoms with Gasteiger partial charge in [0.25, 0.3) is 0 Å². The van der Waals surface area contributed by atoms with Crippen LogP contribution in [0.15, 0.2) is 18.2 Å². The van der Waals surface area contributed by atoms with Crippen LogP contribution in [0.2, 0.25) is 5.02 Å². The van der Waals surface area contributed by atoms with Crippen molar-refractivity contribution < 1.29 is 4.74 Å². The van der Waals surface area contributed by atoms with Crippen LogP contribution in [0, 0.1) is 0 Å². The van der Waals surface area contributed by atoms with Crippen molar-refractivity contribution in [1.29, 1.82) is 0 Å². The molecule has 2 aliphatic rings. The van der Waals surface area contributed by atoms with E-state index in [9.17, 15) is 0 Å². The molecule has 1 aromatic rings. The molecule has 0 spiro atoms. The number of ether oxygens (including phenoxy) is 1. The Kier molecular flexibility index (Phi) is 3.70. The highest BCUT2D eigenvalue weighted by atomic mass is 35.5.